The highest BCUT2D eigenvalue weighted by atomic mass is 16.7. The van der Waals surface area contributed by atoms with E-state index < -0.39 is 4.92 Å². The Morgan fingerprint density at radius 1 is 1.07 bits per heavy atom. The first kappa shape index (κ1) is 15.8. The third-order valence-electron chi connectivity index (χ3n) is 6.67. The molecule has 9 nitrogen and oxygen atoms in total. The quantitative estimate of drug-likeness (QED) is 0.259. The lowest BCUT2D eigenvalue weighted by Crippen LogP contribution is -2.40. The number of hydrogen-bond acceptors (Lipinski definition) is 7. The number of amides is 2. The molecule has 2 saturated carbocycles. The molecule has 2 amide bonds. The molecule has 1 aromatic carbocycles. The van der Waals surface area contributed by atoms with Crippen molar-refractivity contribution in [1.29, 1.82) is 0 Å². The van der Waals surface area contributed by atoms with Gasteiger partial charge in [-0.05, 0) is 36.2 Å². The van der Waals surface area contributed by atoms with Gasteiger partial charge in [0.25, 0.3) is 17.5 Å². The minimum Gasteiger partial charge on any atom is -0.454 e. The maximum absolute atomic E-state index is 12.9. The second-order valence-electron chi connectivity index (χ2n) is 7.91. The fraction of sp³-hybridized carbons (Fsp3) is 0.421. The highest BCUT2D eigenvalue weighted by molar-refractivity contribution is 6.06. The molecule has 1 saturated heterocycles. The Kier molecular flexibility index (Phi) is 2.92. The summed E-state index contributed by atoms with van der Waals surface area (Å²) in [6, 6.07) is 2.69. The van der Waals surface area contributed by atoms with E-state index in [-0.39, 0.29) is 59.3 Å². The number of nitro groups is 1. The molecule has 0 radical (unpaired) electrons. The first-order valence-corrected chi connectivity index (χ1v) is 9.23. The van der Waals surface area contributed by atoms with Crippen molar-refractivity contribution >= 4 is 23.7 Å². The van der Waals surface area contributed by atoms with Crippen LogP contribution in [-0.4, -0.2) is 34.8 Å². The zero-order valence-corrected chi connectivity index (χ0v) is 14.6. The predicted molar refractivity (Wildman–Crippen MR) is 93.4 cm³/mol. The summed E-state index contributed by atoms with van der Waals surface area (Å²) in [4.78, 5) is 36.6. The SMILES string of the molecule is O=C1[C@@H]2[C@H]3C=C[C@@H]([C@@H]4C[C@H]34)[C@@H]2C(=O)N1/N=C\c1cc2c(cc1[N+](=O)[O-])OCO2. The fourth-order valence-corrected chi connectivity index (χ4v) is 5.38. The third kappa shape index (κ3) is 1.93. The van der Waals surface area contributed by atoms with Gasteiger partial charge in [-0.25, -0.2) is 0 Å². The Hall–Kier alpha value is -3.23. The van der Waals surface area contributed by atoms with Crippen molar-refractivity contribution in [2.75, 3.05) is 6.79 Å². The van der Waals surface area contributed by atoms with Crippen LogP contribution in [0.4, 0.5) is 5.69 Å². The van der Waals surface area contributed by atoms with Gasteiger partial charge in [-0.1, -0.05) is 12.2 Å². The Bertz CT molecular complexity index is 981. The number of carbonyl (C=O) groups is 2. The number of hydrazone groups is 1. The molecule has 9 heteroatoms. The summed E-state index contributed by atoms with van der Waals surface area (Å²) >= 11 is 0. The minimum absolute atomic E-state index is 0.0162. The van der Waals surface area contributed by atoms with Crippen LogP contribution in [0.1, 0.15) is 12.0 Å². The van der Waals surface area contributed by atoms with Crippen LogP contribution in [0, 0.1) is 45.6 Å². The van der Waals surface area contributed by atoms with Crippen LogP contribution in [0.15, 0.2) is 29.4 Å². The van der Waals surface area contributed by atoms with E-state index in [9.17, 15) is 19.7 Å². The van der Waals surface area contributed by atoms with Crippen molar-refractivity contribution in [2.24, 2.45) is 40.6 Å². The second-order valence-corrected chi connectivity index (χ2v) is 7.91. The van der Waals surface area contributed by atoms with Gasteiger partial charge in [0, 0.05) is 0 Å². The number of allylic oxidation sites excluding steroid dienone is 2. The first-order valence-electron chi connectivity index (χ1n) is 9.23. The lowest BCUT2D eigenvalue weighted by Gasteiger charge is -2.37. The van der Waals surface area contributed by atoms with Crippen LogP contribution in [0.5, 0.6) is 11.5 Å². The van der Waals surface area contributed by atoms with Gasteiger partial charge in [0.15, 0.2) is 11.5 Å². The largest absolute Gasteiger partial charge is 0.454 e. The van der Waals surface area contributed by atoms with Crippen LogP contribution in [-0.2, 0) is 9.59 Å². The molecule has 142 valence electrons. The minimum atomic E-state index is -0.561. The van der Waals surface area contributed by atoms with E-state index in [1.54, 1.807) is 0 Å². The molecule has 7 rings (SSSR count). The summed E-state index contributed by atoms with van der Waals surface area (Å²) in [7, 11) is 0. The maximum atomic E-state index is 12.9. The van der Waals surface area contributed by atoms with Gasteiger partial charge in [-0.2, -0.15) is 10.1 Å². The van der Waals surface area contributed by atoms with Gasteiger partial charge in [0.05, 0.1) is 34.6 Å². The van der Waals surface area contributed by atoms with E-state index >= 15 is 0 Å². The van der Waals surface area contributed by atoms with Gasteiger partial charge in [0.2, 0.25) is 6.79 Å². The number of nitro benzene ring substituents is 1. The summed E-state index contributed by atoms with van der Waals surface area (Å²) in [6.45, 7) is -0.0162. The molecule has 6 atom stereocenters. The average molecular weight is 381 g/mol. The monoisotopic (exact) mass is 381 g/mol. The van der Waals surface area contributed by atoms with Crippen molar-refractivity contribution in [3.05, 3.63) is 40.0 Å². The van der Waals surface area contributed by atoms with Gasteiger partial charge >= 0.3 is 0 Å². The molecule has 0 spiro atoms. The number of benzene rings is 1. The Labute approximate surface area is 158 Å². The van der Waals surface area contributed by atoms with Gasteiger partial charge in [-0.15, -0.1) is 0 Å². The standard InChI is InChI=1S/C19H15N3O6/c23-18-16-9-1-2-10(12-4-11(9)12)17(16)19(24)21(18)20-6-8-3-14-15(28-7-27-14)5-13(8)22(25)26/h1-3,5-6,9-12,16-17H,4,7H2/b20-6-/t9-,10-,11-,12+,16-,17+/m0/s1. The van der Waals surface area contributed by atoms with E-state index in [0.29, 0.717) is 17.6 Å². The van der Waals surface area contributed by atoms with Crippen LogP contribution >= 0.6 is 0 Å². The molecule has 0 N–H and O–H groups in total. The van der Waals surface area contributed by atoms with Crippen LogP contribution in [0.25, 0.3) is 0 Å². The Balaban J connectivity index is 1.34. The zero-order valence-electron chi connectivity index (χ0n) is 14.6. The van der Waals surface area contributed by atoms with Crippen LogP contribution in [0.2, 0.25) is 0 Å². The summed E-state index contributed by atoms with van der Waals surface area (Å²) < 4.78 is 10.4. The smallest absolute Gasteiger partial charge is 0.282 e. The van der Waals surface area contributed by atoms with Gasteiger partial charge < -0.3 is 9.47 Å². The number of ether oxygens (including phenoxy) is 2. The number of fused-ring (bicyclic) bond motifs is 1. The number of nitrogens with zero attached hydrogens (tertiary/aromatic N) is 3. The summed E-state index contributed by atoms with van der Waals surface area (Å²) in [6.07, 6.45) is 6.44. The molecule has 6 aliphatic rings. The van der Waals surface area contributed by atoms with Crippen molar-refractivity contribution in [2.45, 2.75) is 6.42 Å². The van der Waals surface area contributed by atoms with Crippen molar-refractivity contribution in [1.82, 2.24) is 5.01 Å². The van der Waals surface area contributed by atoms with E-state index in [1.165, 1.54) is 18.3 Å². The summed E-state index contributed by atoms with van der Waals surface area (Å²) in [5.74, 6) is 0.558. The van der Waals surface area contributed by atoms with Crippen molar-refractivity contribution < 1.29 is 24.0 Å². The van der Waals surface area contributed by atoms with Crippen LogP contribution in [0.3, 0.4) is 0 Å². The van der Waals surface area contributed by atoms with Crippen molar-refractivity contribution in [3.63, 3.8) is 0 Å². The molecule has 2 heterocycles. The second kappa shape index (κ2) is 5.18. The molecule has 4 aliphatic carbocycles. The molecule has 2 bridgehead atoms. The van der Waals surface area contributed by atoms with Gasteiger partial charge in [0.1, 0.15) is 0 Å². The lowest BCUT2D eigenvalue weighted by atomic mass is 9.63. The van der Waals surface area contributed by atoms with E-state index in [0.717, 1.165) is 11.4 Å². The zero-order chi connectivity index (χ0) is 19.2. The third-order valence-corrected chi connectivity index (χ3v) is 6.67. The summed E-state index contributed by atoms with van der Waals surface area (Å²) in [5.41, 5.74) is -0.0823. The first-order chi connectivity index (χ1) is 13.5. The number of imide groups is 1. The molecule has 0 aromatic heterocycles. The molecule has 28 heavy (non-hydrogen) atoms. The topological polar surface area (TPSA) is 111 Å². The van der Waals surface area contributed by atoms with Gasteiger partial charge in [-0.3, -0.25) is 19.7 Å². The molecule has 3 fully saturated rings. The molecule has 2 aliphatic heterocycles. The number of rotatable bonds is 3. The highest BCUT2D eigenvalue weighted by Crippen LogP contribution is 2.65. The number of hydrogen-bond donors (Lipinski definition) is 0. The normalized spacial score (nSPS) is 36.2. The molecular weight excluding hydrogens is 366 g/mol. The van der Waals surface area contributed by atoms with Crippen LogP contribution < -0.4 is 9.47 Å². The molecule has 1 aromatic rings. The van der Waals surface area contributed by atoms with E-state index in [4.69, 9.17) is 9.47 Å². The fourth-order valence-electron chi connectivity index (χ4n) is 5.38. The average Bonchev–Trinajstić information content (AvgIpc) is 3.33. The maximum Gasteiger partial charge on any atom is 0.282 e. The Morgan fingerprint density at radius 3 is 2.29 bits per heavy atom. The molecule has 0 unspecified atom stereocenters. The number of carbonyl (C=O) groups excluding carboxylic acids is 2. The van der Waals surface area contributed by atoms with Crippen molar-refractivity contribution in [3.8, 4) is 11.5 Å². The van der Waals surface area contributed by atoms with E-state index in [2.05, 4.69) is 17.3 Å². The molecular formula is C19H15N3O6. The highest BCUT2D eigenvalue weighted by Gasteiger charge is 2.67. The summed E-state index contributed by atoms with van der Waals surface area (Å²) in [5, 5.41) is 16.3. The lowest BCUT2D eigenvalue weighted by molar-refractivity contribution is -0.385. The van der Waals surface area contributed by atoms with E-state index in [1.807, 2.05) is 0 Å². The predicted octanol–water partition coefficient (Wildman–Crippen LogP) is 1.71. The Morgan fingerprint density at radius 2 is 1.68 bits per heavy atom.